The first-order valence-electron chi connectivity index (χ1n) is 6.99. The quantitative estimate of drug-likeness (QED) is 0.853. The molecular formula is C14H20N2O5S. The zero-order chi connectivity index (χ0) is 16.3. The standard InChI is InChI=1S/C14H20N2O5S/c1-3-10-9-16(6-7-21-10)22(18,19)11-4-5-13(20-2)12(8-11)14(15)17/h4-5,8,10H,3,6-7,9H2,1-2H3,(H2,15,17)/t10-/m1/s1. The predicted molar refractivity (Wildman–Crippen MR) is 80.3 cm³/mol. The summed E-state index contributed by atoms with van der Waals surface area (Å²) in [4.78, 5) is 11.5. The highest BCUT2D eigenvalue weighted by atomic mass is 32.2. The van der Waals surface area contributed by atoms with Crippen LogP contribution in [0.3, 0.4) is 0 Å². The molecule has 1 amide bonds. The van der Waals surface area contributed by atoms with Gasteiger partial charge in [-0.2, -0.15) is 4.31 Å². The SMILES string of the molecule is CC[C@@H]1CN(S(=O)(=O)c2ccc(OC)c(C(N)=O)c2)CCO1. The van der Waals surface area contributed by atoms with E-state index in [1.165, 1.54) is 29.6 Å². The highest BCUT2D eigenvalue weighted by Crippen LogP contribution is 2.25. The summed E-state index contributed by atoms with van der Waals surface area (Å²) in [6.07, 6.45) is 0.624. The van der Waals surface area contributed by atoms with Gasteiger partial charge in [-0.3, -0.25) is 4.79 Å². The largest absolute Gasteiger partial charge is 0.496 e. The molecule has 8 heteroatoms. The van der Waals surface area contributed by atoms with Crippen molar-refractivity contribution < 1.29 is 22.7 Å². The van der Waals surface area contributed by atoms with E-state index in [0.29, 0.717) is 13.2 Å². The molecule has 1 aliphatic heterocycles. The van der Waals surface area contributed by atoms with Gasteiger partial charge in [0.1, 0.15) is 5.75 Å². The monoisotopic (exact) mass is 328 g/mol. The minimum Gasteiger partial charge on any atom is -0.496 e. The van der Waals surface area contributed by atoms with Crippen molar-refractivity contribution in [1.82, 2.24) is 4.31 Å². The maximum atomic E-state index is 12.7. The van der Waals surface area contributed by atoms with Crippen LogP contribution in [0, 0.1) is 0 Å². The topological polar surface area (TPSA) is 98.9 Å². The fourth-order valence-corrected chi connectivity index (χ4v) is 3.83. The Morgan fingerprint density at radius 3 is 2.82 bits per heavy atom. The smallest absolute Gasteiger partial charge is 0.252 e. The molecule has 7 nitrogen and oxygen atoms in total. The van der Waals surface area contributed by atoms with E-state index in [-0.39, 0.29) is 28.9 Å². The Morgan fingerprint density at radius 2 is 2.23 bits per heavy atom. The van der Waals surface area contributed by atoms with Crippen LogP contribution in [0.4, 0.5) is 0 Å². The van der Waals surface area contributed by atoms with Gasteiger partial charge in [0.25, 0.3) is 5.91 Å². The number of ether oxygens (including phenoxy) is 2. The first-order valence-corrected chi connectivity index (χ1v) is 8.43. The third-order valence-corrected chi connectivity index (χ3v) is 5.49. The van der Waals surface area contributed by atoms with Crippen LogP contribution in [0.2, 0.25) is 0 Å². The number of carbonyl (C=O) groups excluding carboxylic acids is 1. The molecule has 0 aliphatic carbocycles. The van der Waals surface area contributed by atoms with Gasteiger partial charge in [0, 0.05) is 13.1 Å². The van der Waals surface area contributed by atoms with E-state index in [9.17, 15) is 13.2 Å². The van der Waals surface area contributed by atoms with Crippen molar-refractivity contribution in [2.75, 3.05) is 26.8 Å². The second-order valence-corrected chi connectivity index (χ2v) is 6.93. The van der Waals surface area contributed by atoms with E-state index >= 15 is 0 Å². The molecule has 0 unspecified atom stereocenters. The third-order valence-electron chi connectivity index (χ3n) is 3.63. The van der Waals surface area contributed by atoms with Gasteiger partial charge in [-0.25, -0.2) is 8.42 Å². The van der Waals surface area contributed by atoms with Crippen LogP contribution in [0.1, 0.15) is 23.7 Å². The predicted octanol–water partition coefficient (Wildman–Crippen LogP) is 0.594. The van der Waals surface area contributed by atoms with Gasteiger partial charge < -0.3 is 15.2 Å². The van der Waals surface area contributed by atoms with Crippen LogP contribution >= 0.6 is 0 Å². The number of carbonyl (C=O) groups is 1. The van der Waals surface area contributed by atoms with Crippen LogP contribution in [-0.2, 0) is 14.8 Å². The number of hydrogen-bond acceptors (Lipinski definition) is 5. The molecule has 2 rings (SSSR count). The summed E-state index contributed by atoms with van der Waals surface area (Å²) in [5, 5.41) is 0. The molecule has 0 bridgehead atoms. The van der Waals surface area contributed by atoms with Crippen LogP contribution in [0.15, 0.2) is 23.1 Å². The second-order valence-electron chi connectivity index (χ2n) is 4.99. The lowest BCUT2D eigenvalue weighted by Crippen LogP contribution is -2.45. The van der Waals surface area contributed by atoms with Crippen molar-refractivity contribution in [3.8, 4) is 5.75 Å². The van der Waals surface area contributed by atoms with Crippen molar-refractivity contribution in [2.45, 2.75) is 24.3 Å². The fourth-order valence-electron chi connectivity index (χ4n) is 2.35. The van der Waals surface area contributed by atoms with E-state index in [1.54, 1.807) is 0 Å². The number of nitrogens with two attached hydrogens (primary N) is 1. The van der Waals surface area contributed by atoms with Gasteiger partial charge in [0.05, 0.1) is 30.3 Å². The van der Waals surface area contributed by atoms with E-state index in [0.717, 1.165) is 6.42 Å². The summed E-state index contributed by atoms with van der Waals surface area (Å²) in [5.41, 5.74) is 5.32. The number of methoxy groups -OCH3 is 1. The zero-order valence-corrected chi connectivity index (χ0v) is 13.4. The number of primary amides is 1. The normalized spacial score (nSPS) is 19.8. The number of sulfonamides is 1. The lowest BCUT2D eigenvalue weighted by atomic mass is 10.2. The molecule has 1 saturated heterocycles. The molecule has 1 fully saturated rings. The van der Waals surface area contributed by atoms with Gasteiger partial charge >= 0.3 is 0 Å². The van der Waals surface area contributed by atoms with Crippen molar-refractivity contribution in [1.29, 1.82) is 0 Å². The summed E-state index contributed by atoms with van der Waals surface area (Å²) in [6.45, 7) is 2.89. The van der Waals surface area contributed by atoms with Crippen LogP contribution in [0.5, 0.6) is 5.75 Å². The molecule has 1 atom stereocenters. The molecule has 0 spiro atoms. The number of benzene rings is 1. The minimum atomic E-state index is -3.70. The van der Waals surface area contributed by atoms with Gasteiger partial charge in [-0.1, -0.05) is 6.92 Å². The summed E-state index contributed by atoms with van der Waals surface area (Å²) in [6, 6.07) is 4.11. The summed E-state index contributed by atoms with van der Waals surface area (Å²) in [5.74, 6) is -0.484. The molecule has 22 heavy (non-hydrogen) atoms. The summed E-state index contributed by atoms with van der Waals surface area (Å²) >= 11 is 0. The maximum absolute atomic E-state index is 12.7. The average molecular weight is 328 g/mol. The van der Waals surface area contributed by atoms with E-state index in [4.69, 9.17) is 15.2 Å². The lowest BCUT2D eigenvalue weighted by Gasteiger charge is -2.31. The molecule has 1 aliphatic rings. The Labute approximate surface area is 130 Å². The number of amides is 1. The zero-order valence-electron chi connectivity index (χ0n) is 12.6. The Balaban J connectivity index is 2.37. The second kappa shape index (κ2) is 6.64. The number of nitrogens with zero attached hydrogens (tertiary/aromatic N) is 1. The van der Waals surface area contributed by atoms with Gasteiger partial charge in [-0.05, 0) is 24.6 Å². The Bertz CT molecular complexity index is 659. The third kappa shape index (κ3) is 3.23. The highest BCUT2D eigenvalue weighted by molar-refractivity contribution is 7.89. The Morgan fingerprint density at radius 1 is 1.50 bits per heavy atom. The molecule has 2 N–H and O–H groups in total. The fraction of sp³-hybridized carbons (Fsp3) is 0.500. The molecule has 1 aromatic rings. The Kier molecular flexibility index (Phi) is 5.05. The molecule has 1 heterocycles. The highest BCUT2D eigenvalue weighted by Gasteiger charge is 2.30. The van der Waals surface area contributed by atoms with Crippen molar-refractivity contribution in [2.24, 2.45) is 5.73 Å². The van der Waals surface area contributed by atoms with Gasteiger partial charge in [0.2, 0.25) is 10.0 Å². The average Bonchev–Trinajstić information content (AvgIpc) is 2.54. The van der Waals surface area contributed by atoms with Crippen LogP contribution in [-0.4, -0.2) is 51.5 Å². The van der Waals surface area contributed by atoms with E-state index in [1.807, 2.05) is 6.92 Å². The van der Waals surface area contributed by atoms with Crippen molar-refractivity contribution in [3.05, 3.63) is 23.8 Å². The summed E-state index contributed by atoms with van der Waals surface area (Å²) in [7, 11) is -2.30. The molecule has 0 radical (unpaired) electrons. The van der Waals surface area contributed by atoms with Gasteiger partial charge in [0.15, 0.2) is 0 Å². The molecule has 1 aromatic carbocycles. The van der Waals surface area contributed by atoms with Crippen molar-refractivity contribution in [3.63, 3.8) is 0 Å². The van der Waals surface area contributed by atoms with Gasteiger partial charge in [-0.15, -0.1) is 0 Å². The molecule has 0 aromatic heterocycles. The van der Waals surface area contributed by atoms with Crippen molar-refractivity contribution >= 4 is 15.9 Å². The first kappa shape index (κ1) is 16.7. The first-order chi connectivity index (χ1) is 10.4. The lowest BCUT2D eigenvalue weighted by molar-refractivity contribution is -0.00278. The number of hydrogen-bond donors (Lipinski definition) is 1. The minimum absolute atomic E-state index is 0.0267. The van der Waals surface area contributed by atoms with Crippen LogP contribution < -0.4 is 10.5 Å². The van der Waals surface area contributed by atoms with E-state index in [2.05, 4.69) is 0 Å². The molecule has 122 valence electrons. The molecular weight excluding hydrogens is 308 g/mol. The molecule has 0 saturated carbocycles. The number of morpholine rings is 1. The Hall–Kier alpha value is -1.64. The summed E-state index contributed by atoms with van der Waals surface area (Å²) < 4.78 is 37.3. The van der Waals surface area contributed by atoms with E-state index < -0.39 is 15.9 Å². The number of rotatable bonds is 5. The maximum Gasteiger partial charge on any atom is 0.252 e. The van der Waals surface area contributed by atoms with Crippen LogP contribution in [0.25, 0.3) is 0 Å².